The van der Waals surface area contributed by atoms with E-state index in [2.05, 4.69) is 10.3 Å². The summed E-state index contributed by atoms with van der Waals surface area (Å²) in [6, 6.07) is 6.16. The van der Waals surface area contributed by atoms with E-state index in [1.807, 2.05) is 0 Å². The highest BCUT2D eigenvalue weighted by molar-refractivity contribution is 7.93. The third-order valence-corrected chi connectivity index (χ3v) is 6.91. The highest BCUT2D eigenvalue weighted by Crippen LogP contribution is 2.26. The molecule has 1 unspecified atom stereocenters. The number of sulfone groups is 1. The molecule has 1 aromatic carbocycles. The molecule has 1 atom stereocenters. The normalized spacial score (nSPS) is 13.5. The molecule has 1 aromatic rings. The fourth-order valence-corrected chi connectivity index (χ4v) is 4.01. The molecule has 1 N–H and O–H groups in total. The van der Waals surface area contributed by atoms with Gasteiger partial charge in [0.05, 0.1) is 24.4 Å². The smallest absolute Gasteiger partial charge is 0.264 e. The summed E-state index contributed by atoms with van der Waals surface area (Å²) in [5.41, 5.74) is 2.89. The van der Waals surface area contributed by atoms with Crippen LogP contribution in [0.2, 0.25) is 0 Å². The zero-order valence-corrected chi connectivity index (χ0v) is 15.8. The highest BCUT2D eigenvalue weighted by atomic mass is 32.2. The van der Waals surface area contributed by atoms with Crippen LogP contribution in [0, 0.1) is 0 Å². The third kappa shape index (κ3) is 4.85. The van der Waals surface area contributed by atoms with Gasteiger partial charge in [0.1, 0.15) is 0 Å². The molecule has 1 rings (SSSR count). The van der Waals surface area contributed by atoms with Gasteiger partial charge in [-0.1, -0.05) is 12.1 Å². The minimum Gasteiger partial charge on any atom is -0.291 e. The predicted octanol–water partition coefficient (Wildman–Crippen LogP) is 1.16. The first-order valence-corrected chi connectivity index (χ1v) is 10.1. The van der Waals surface area contributed by atoms with Gasteiger partial charge in [-0.2, -0.15) is 0 Å². The number of hydroxylamine groups is 1. The second-order valence-electron chi connectivity index (χ2n) is 5.46. The monoisotopic (exact) mass is 377 g/mol. The molecule has 0 aliphatic heterocycles. The van der Waals surface area contributed by atoms with Crippen LogP contribution in [0.15, 0.2) is 29.2 Å². The Labute approximate surface area is 145 Å². The van der Waals surface area contributed by atoms with E-state index in [0.717, 1.165) is 5.56 Å². The van der Waals surface area contributed by atoms with Gasteiger partial charge in [-0.15, -0.1) is 0 Å². The van der Waals surface area contributed by atoms with Crippen LogP contribution >= 0.6 is 0 Å². The summed E-state index contributed by atoms with van der Waals surface area (Å²) in [6.45, 7) is 4.77. The summed E-state index contributed by atoms with van der Waals surface area (Å²) in [5.74, 6) is -0.414. The van der Waals surface area contributed by atoms with Gasteiger partial charge in [0.2, 0.25) is 0 Å². The van der Waals surface area contributed by atoms with Crippen molar-refractivity contribution in [2.75, 3.05) is 19.5 Å². The number of rotatable bonds is 9. The summed E-state index contributed by atoms with van der Waals surface area (Å²) in [6.07, 6.45) is 0.500. The molecule has 1 amide bonds. The number of benzene rings is 1. The first kappa shape index (κ1) is 20.8. The van der Waals surface area contributed by atoms with Crippen LogP contribution in [0.4, 0.5) is 0 Å². The van der Waals surface area contributed by atoms with Crippen LogP contribution in [0.25, 0.3) is 0 Å². The van der Waals surface area contributed by atoms with Crippen LogP contribution in [0.1, 0.15) is 26.3 Å². The molecule has 0 radical (unpaired) electrons. The summed E-state index contributed by atoms with van der Waals surface area (Å²) in [5, 5.41) is 0. The van der Waals surface area contributed by atoms with Crippen molar-refractivity contribution in [2.24, 2.45) is 0 Å². The molecular formula is C15H23NO6S2. The van der Waals surface area contributed by atoms with Gasteiger partial charge in [0.15, 0.2) is 25.7 Å². The van der Waals surface area contributed by atoms with Crippen LogP contribution in [0.3, 0.4) is 0 Å². The van der Waals surface area contributed by atoms with E-state index in [9.17, 15) is 17.4 Å². The second-order valence-corrected chi connectivity index (χ2v) is 9.21. The number of hydrogen-bond acceptors (Lipinski definition) is 6. The molecule has 7 nitrogen and oxygen atoms in total. The van der Waals surface area contributed by atoms with Crippen molar-refractivity contribution in [3.8, 4) is 0 Å². The van der Waals surface area contributed by atoms with Crippen molar-refractivity contribution in [1.29, 1.82) is 0 Å². The topological polar surface area (TPSA) is 98.8 Å². The number of carbonyl (C=O) groups is 1. The predicted molar refractivity (Wildman–Crippen MR) is 91.2 cm³/mol. The number of aryl methyl sites for hydroxylation is 1. The Morgan fingerprint density at radius 1 is 1.25 bits per heavy atom. The second kappa shape index (κ2) is 8.70. The van der Waals surface area contributed by atoms with E-state index in [-0.39, 0.29) is 4.90 Å². The summed E-state index contributed by atoms with van der Waals surface area (Å²) < 4.78 is 40.0. The van der Waals surface area contributed by atoms with Crippen LogP contribution in [-0.4, -0.2) is 42.8 Å². The van der Waals surface area contributed by atoms with E-state index < -0.39 is 31.6 Å². The molecule has 136 valence electrons. The number of hydrogen-bond donors (Lipinski definition) is 1. The van der Waals surface area contributed by atoms with Gasteiger partial charge in [-0.05, 0) is 44.9 Å². The van der Waals surface area contributed by atoms with Gasteiger partial charge < -0.3 is 0 Å². The Morgan fingerprint density at radius 3 is 2.33 bits per heavy atom. The lowest BCUT2D eigenvalue weighted by atomic mass is 10.2. The first-order chi connectivity index (χ1) is 11.2. The Hall–Kier alpha value is -1.29. The molecule has 0 saturated heterocycles. The molecule has 24 heavy (non-hydrogen) atoms. The van der Waals surface area contributed by atoms with Gasteiger partial charge in [0, 0.05) is 0 Å². The Morgan fingerprint density at radius 2 is 1.83 bits per heavy atom. The van der Waals surface area contributed by atoms with Crippen LogP contribution < -0.4 is 5.48 Å². The van der Waals surface area contributed by atoms with Gasteiger partial charge in [-0.3, -0.25) is 13.8 Å². The maximum Gasteiger partial charge on any atom is 0.264 e. The minimum absolute atomic E-state index is 0.0356. The fraction of sp³-hybridized carbons (Fsp3) is 0.533. The molecule has 0 aliphatic rings. The molecule has 0 fully saturated rings. The molecule has 0 bridgehead atoms. The zero-order chi connectivity index (χ0) is 18.4. The first-order valence-electron chi connectivity index (χ1n) is 7.35. The van der Waals surface area contributed by atoms with E-state index in [1.165, 1.54) is 33.1 Å². The molecule has 0 heterocycles. The Kier molecular flexibility index (Phi) is 7.53. The standard InChI is InChI=1S/C15H23NO6S2/c1-5-22-23(18)11-10-12-6-8-13(9-7-12)24(19,20)15(2,3)14(17)16-21-4/h6-9H,5,10-11H2,1-4H3,(H,16,17). The summed E-state index contributed by atoms with van der Waals surface area (Å²) >= 11 is -1.35. The van der Waals surface area contributed by atoms with Crippen molar-refractivity contribution in [3.05, 3.63) is 29.8 Å². The number of carbonyl (C=O) groups excluding carboxylic acids is 1. The van der Waals surface area contributed by atoms with E-state index in [4.69, 9.17) is 4.18 Å². The van der Waals surface area contributed by atoms with Crippen molar-refractivity contribution < 1.29 is 26.4 Å². The summed E-state index contributed by atoms with van der Waals surface area (Å²) in [4.78, 5) is 16.5. The lowest BCUT2D eigenvalue weighted by Gasteiger charge is -2.23. The van der Waals surface area contributed by atoms with E-state index in [1.54, 1.807) is 19.1 Å². The largest absolute Gasteiger partial charge is 0.291 e. The minimum atomic E-state index is -3.89. The highest BCUT2D eigenvalue weighted by Gasteiger charge is 2.43. The molecule has 0 aromatic heterocycles. The molecule has 0 aliphatic carbocycles. The fourth-order valence-electron chi connectivity index (χ4n) is 1.86. The van der Waals surface area contributed by atoms with Crippen molar-refractivity contribution in [1.82, 2.24) is 5.48 Å². The quantitative estimate of drug-likeness (QED) is 0.649. The molecular weight excluding hydrogens is 354 g/mol. The summed E-state index contributed by atoms with van der Waals surface area (Å²) in [7, 11) is -2.66. The van der Waals surface area contributed by atoms with E-state index in [0.29, 0.717) is 18.8 Å². The van der Waals surface area contributed by atoms with Crippen molar-refractivity contribution >= 4 is 26.8 Å². The van der Waals surface area contributed by atoms with Crippen LogP contribution in [-0.2, 0) is 41.2 Å². The van der Waals surface area contributed by atoms with Gasteiger partial charge in [-0.25, -0.2) is 18.1 Å². The molecule has 0 saturated carbocycles. The maximum atomic E-state index is 12.6. The van der Waals surface area contributed by atoms with E-state index >= 15 is 0 Å². The maximum absolute atomic E-state index is 12.6. The average molecular weight is 377 g/mol. The van der Waals surface area contributed by atoms with Crippen LogP contribution in [0.5, 0.6) is 0 Å². The third-order valence-electron chi connectivity index (χ3n) is 3.45. The lowest BCUT2D eigenvalue weighted by Crippen LogP contribution is -2.47. The molecule has 0 spiro atoms. The molecule has 9 heteroatoms. The lowest BCUT2D eigenvalue weighted by molar-refractivity contribution is -0.133. The SMILES string of the molecule is CCOS(=O)CCc1ccc(S(=O)(=O)C(C)(C)C(=O)NOC)cc1. The van der Waals surface area contributed by atoms with Crippen molar-refractivity contribution in [2.45, 2.75) is 36.8 Å². The number of amides is 1. The Balaban J connectivity index is 2.91. The van der Waals surface area contributed by atoms with Gasteiger partial charge in [0.25, 0.3) is 5.91 Å². The Bertz CT molecular complexity index is 682. The zero-order valence-electron chi connectivity index (χ0n) is 14.2. The van der Waals surface area contributed by atoms with Gasteiger partial charge >= 0.3 is 0 Å². The number of nitrogens with one attached hydrogen (secondary N) is 1. The average Bonchev–Trinajstić information content (AvgIpc) is 2.53. The van der Waals surface area contributed by atoms with Crippen molar-refractivity contribution in [3.63, 3.8) is 0 Å².